The number of ether oxygens (including phenoxy) is 1. The Morgan fingerprint density at radius 1 is 1.15 bits per heavy atom. The Labute approximate surface area is 124 Å². The van der Waals surface area contributed by atoms with Gasteiger partial charge in [-0.05, 0) is 35.0 Å². The second kappa shape index (κ2) is 6.00. The van der Waals surface area contributed by atoms with Crippen LogP contribution in [0, 0.1) is 0 Å². The summed E-state index contributed by atoms with van der Waals surface area (Å²) in [5.41, 5.74) is 4.52. The number of fused-ring (bicyclic) bond motifs is 1. The molecule has 1 unspecified atom stereocenters. The zero-order valence-corrected chi connectivity index (χ0v) is 11.9. The molecule has 0 radical (unpaired) electrons. The van der Waals surface area contributed by atoms with E-state index in [1.54, 1.807) is 0 Å². The van der Waals surface area contributed by atoms with Gasteiger partial charge in [0.2, 0.25) is 0 Å². The number of aryl methyl sites for hydroxylation is 1. The molecular formula is C16H16BClO2. The van der Waals surface area contributed by atoms with Gasteiger partial charge in [0.05, 0.1) is 12.7 Å². The van der Waals surface area contributed by atoms with Crippen molar-refractivity contribution in [1.82, 2.24) is 0 Å². The molecule has 20 heavy (non-hydrogen) atoms. The predicted octanol–water partition coefficient (Wildman–Crippen LogP) is 2.82. The third kappa shape index (κ3) is 2.90. The van der Waals surface area contributed by atoms with Crippen LogP contribution in [0.25, 0.3) is 0 Å². The van der Waals surface area contributed by atoms with E-state index in [4.69, 9.17) is 16.2 Å². The summed E-state index contributed by atoms with van der Waals surface area (Å²) in [6.45, 7) is 0.581. The first-order chi connectivity index (χ1) is 9.74. The fraction of sp³-hybridized carbons (Fsp3) is 0.250. The van der Waals surface area contributed by atoms with Crippen LogP contribution in [0.5, 0.6) is 0 Å². The van der Waals surface area contributed by atoms with E-state index in [2.05, 4.69) is 24.3 Å². The molecule has 0 bridgehead atoms. The van der Waals surface area contributed by atoms with Gasteiger partial charge in [-0.25, -0.2) is 0 Å². The Morgan fingerprint density at radius 3 is 2.65 bits per heavy atom. The molecule has 0 heterocycles. The Kier molecular flexibility index (Phi) is 4.11. The van der Waals surface area contributed by atoms with E-state index in [9.17, 15) is 5.02 Å². The molecule has 1 atom stereocenters. The second-order valence-corrected chi connectivity index (χ2v) is 5.53. The molecular weight excluding hydrogens is 270 g/mol. The van der Waals surface area contributed by atoms with E-state index in [1.165, 1.54) is 11.1 Å². The van der Waals surface area contributed by atoms with Gasteiger partial charge >= 0.3 is 6.33 Å². The summed E-state index contributed by atoms with van der Waals surface area (Å²) in [7, 11) is 0. The van der Waals surface area contributed by atoms with E-state index in [0.29, 0.717) is 12.1 Å². The van der Waals surface area contributed by atoms with Gasteiger partial charge in [0, 0.05) is 0 Å². The van der Waals surface area contributed by atoms with Gasteiger partial charge in [-0.3, -0.25) is 0 Å². The first kappa shape index (κ1) is 13.7. The summed E-state index contributed by atoms with van der Waals surface area (Å²) in [6, 6.07) is 16.0. The molecule has 0 fully saturated rings. The van der Waals surface area contributed by atoms with Gasteiger partial charge in [0.15, 0.2) is 0 Å². The lowest BCUT2D eigenvalue weighted by Gasteiger charge is -2.13. The highest BCUT2D eigenvalue weighted by atomic mass is 35.5. The summed E-state index contributed by atoms with van der Waals surface area (Å²) in [5, 5.41) is 9.26. The van der Waals surface area contributed by atoms with E-state index in [0.717, 1.165) is 18.4 Å². The molecule has 2 nitrogen and oxygen atoms in total. The molecule has 0 aliphatic heterocycles. The summed E-state index contributed by atoms with van der Waals surface area (Å²) >= 11 is 5.62. The van der Waals surface area contributed by atoms with Crippen molar-refractivity contribution in [3.05, 3.63) is 65.2 Å². The number of halogens is 1. The fourth-order valence-electron chi connectivity index (χ4n) is 2.66. The summed E-state index contributed by atoms with van der Waals surface area (Å²) < 4.78 is 6.02. The van der Waals surface area contributed by atoms with Crippen LogP contribution in [0.3, 0.4) is 0 Å². The molecule has 2 aromatic rings. The molecule has 0 aromatic heterocycles. The lowest BCUT2D eigenvalue weighted by molar-refractivity contribution is 0.0411. The fourth-order valence-corrected chi connectivity index (χ4v) is 2.81. The van der Waals surface area contributed by atoms with Crippen LogP contribution in [-0.2, 0) is 17.8 Å². The van der Waals surface area contributed by atoms with Crippen LogP contribution in [0.4, 0.5) is 0 Å². The Balaban J connectivity index is 1.63. The minimum atomic E-state index is -0.938. The molecule has 2 aromatic carbocycles. The van der Waals surface area contributed by atoms with Gasteiger partial charge in [-0.15, -0.1) is 11.5 Å². The minimum Gasteiger partial charge on any atom is -0.434 e. The largest absolute Gasteiger partial charge is 0.434 e. The zero-order valence-electron chi connectivity index (χ0n) is 11.1. The standard InChI is InChI=1S/C16H16BClO2/c18-17(19)14-8-5-12(6-9-14)11-20-16-10-7-13-3-1-2-4-15(13)16/h1-6,8-9,16,19H,7,10-11H2. The average molecular weight is 287 g/mol. The van der Waals surface area contributed by atoms with Crippen molar-refractivity contribution in [2.45, 2.75) is 25.6 Å². The number of hydrogen-bond donors (Lipinski definition) is 1. The maximum Gasteiger partial charge on any atom is 0.431 e. The van der Waals surface area contributed by atoms with Gasteiger partial charge in [0.25, 0.3) is 0 Å². The van der Waals surface area contributed by atoms with Crippen molar-refractivity contribution in [3.63, 3.8) is 0 Å². The van der Waals surface area contributed by atoms with E-state index in [-0.39, 0.29) is 6.10 Å². The van der Waals surface area contributed by atoms with Crippen LogP contribution in [0.2, 0.25) is 0 Å². The molecule has 1 aliphatic rings. The highest BCUT2D eigenvalue weighted by Gasteiger charge is 2.22. The first-order valence-corrected chi connectivity index (χ1v) is 7.28. The summed E-state index contributed by atoms with van der Waals surface area (Å²) in [4.78, 5) is 0. The molecule has 0 amide bonds. The van der Waals surface area contributed by atoms with Crippen LogP contribution in [0.15, 0.2) is 48.5 Å². The first-order valence-electron chi connectivity index (χ1n) is 6.84. The van der Waals surface area contributed by atoms with Gasteiger partial charge < -0.3 is 9.76 Å². The van der Waals surface area contributed by atoms with Crippen molar-refractivity contribution >= 4 is 23.3 Å². The van der Waals surface area contributed by atoms with E-state index in [1.807, 2.05) is 24.3 Å². The van der Waals surface area contributed by atoms with Crippen molar-refractivity contribution < 1.29 is 9.76 Å². The molecule has 0 spiro atoms. The Hall–Kier alpha value is -1.29. The van der Waals surface area contributed by atoms with Crippen LogP contribution in [-0.4, -0.2) is 11.4 Å². The lowest BCUT2D eigenvalue weighted by atomic mass is 9.86. The lowest BCUT2D eigenvalue weighted by Crippen LogP contribution is -2.23. The van der Waals surface area contributed by atoms with E-state index < -0.39 is 6.33 Å². The Bertz CT molecular complexity index is 583. The maximum absolute atomic E-state index is 9.26. The highest BCUT2D eigenvalue weighted by molar-refractivity contribution is 7.09. The smallest absolute Gasteiger partial charge is 0.431 e. The molecule has 3 rings (SSSR count). The Morgan fingerprint density at radius 2 is 1.90 bits per heavy atom. The molecule has 1 N–H and O–H groups in total. The summed E-state index contributed by atoms with van der Waals surface area (Å²) in [6.07, 6.45) is 1.41. The van der Waals surface area contributed by atoms with Crippen LogP contribution in [0.1, 0.15) is 29.2 Å². The predicted molar refractivity (Wildman–Crippen MR) is 82.2 cm³/mol. The normalized spacial score (nSPS) is 17.0. The van der Waals surface area contributed by atoms with Crippen molar-refractivity contribution in [2.75, 3.05) is 0 Å². The van der Waals surface area contributed by atoms with Crippen molar-refractivity contribution in [3.8, 4) is 0 Å². The molecule has 0 saturated heterocycles. The quantitative estimate of drug-likeness (QED) is 0.876. The maximum atomic E-state index is 9.26. The average Bonchev–Trinajstić information content (AvgIpc) is 2.89. The minimum absolute atomic E-state index is 0.199. The summed E-state index contributed by atoms with van der Waals surface area (Å²) in [5.74, 6) is 0. The molecule has 1 aliphatic carbocycles. The number of benzene rings is 2. The number of hydrogen-bond acceptors (Lipinski definition) is 2. The van der Waals surface area contributed by atoms with Crippen molar-refractivity contribution in [1.29, 1.82) is 0 Å². The highest BCUT2D eigenvalue weighted by Crippen LogP contribution is 2.34. The SMILES string of the molecule is OB(Cl)c1ccc(COC2CCc3ccccc32)cc1. The number of rotatable bonds is 4. The molecule has 102 valence electrons. The monoisotopic (exact) mass is 286 g/mol. The van der Waals surface area contributed by atoms with E-state index >= 15 is 0 Å². The zero-order chi connectivity index (χ0) is 13.9. The van der Waals surface area contributed by atoms with Crippen molar-refractivity contribution in [2.24, 2.45) is 0 Å². The van der Waals surface area contributed by atoms with Gasteiger partial charge in [0.1, 0.15) is 0 Å². The third-order valence-corrected chi connectivity index (χ3v) is 4.04. The van der Waals surface area contributed by atoms with Crippen LogP contribution >= 0.6 is 11.5 Å². The molecule has 4 heteroatoms. The molecule has 0 saturated carbocycles. The second-order valence-electron chi connectivity index (χ2n) is 5.11. The van der Waals surface area contributed by atoms with Gasteiger partial charge in [-0.2, -0.15) is 0 Å². The van der Waals surface area contributed by atoms with Gasteiger partial charge in [-0.1, -0.05) is 48.5 Å². The topological polar surface area (TPSA) is 29.5 Å². The third-order valence-electron chi connectivity index (χ3n) is 3.78. The van der Waals surface area contributed by atoms with Crippen LogP contribution < -0.4 is 5.46 Å².